The molecular weight excluding hydrogens is 519 g/mol. The van der Waals surface area contributed by atoms with Crippen LogP contribution in [0.3, 0.4) is 0 Å². The van der Waals surface area contributed by atoms with Gasteiger partial charge in [0.25, 0.3) is 11.7 Å². The van der Waals surface area contributed by atoms with Crippen molar-refractivity contribution in [1.82, 2.24) is 4.98 Å². The number of halogens is 2. The van der Waals surface area contributed by atoms with Crippen LogP contribution in [-0.4, -0.2) is 41.5 Å². The van der Waals surface area contributed by atoms with Crippen LogP contribution in [0.25, 0.3) is 5.76 Å². The Hall–Kier alpha value is -3.88. The second-order valence-corrected chi connectivity index (χ2v) is 8.95. The minimum atomic E-state index is -1.07. The molecule has 1 atom stereocenters. The maximum Gasteiger partial charge on any atom is 0.338 e. The molecule has 37 heavy (non-hydrogen) atoms. The highest BCUT2D eigenvalue weighted by molar-refractivity contribution is 6.52. The molecule has 1 saturated heterocycles. The minimum absolute atomic E-state index is 0.0452. The van der Waals surface area contributed by atoms with E-state index in [1.165, 1.54) is 36.4 Å². The number of aliphatic hydroxyl groups is 1. The van der Waals surface area contributed by atoms with E-state index in [4.69, 9.17) is 32.7 Å². The molecule has 1 aliphatic rings. The Morgan fingerprint density at radius 2 is 1.92 bits per heavy atom. The number of ether oxygens (including phenoxy) is 2. The number of methoxy groups -OCH3 is 1. The number of rotatable bonds is 7. The monoisotopic (exact) mass is 540 g/mol. The average Bonchev–Trinajstić information content (AvgIpc) is 3.17. The lowest BCUT2D eigenvalue weighted by Gasteiger charge is -2.25. The summed E-state index contributed by atoms with van der Waals surface area (Å²) >= 11 is 12.4. The average molecular weight is 541 g/mol. The number of pyridine rings is 1. The van der Waals surface area contributed by atoms with Gasteiger partial charge in [-0.15, -0.1) is 0 Å². The summed E-state index contributed by atoms with van der Waals surface area (Å²) in [5.41, 5.74) is 0.754. The van der Waals surface area contributed by atoms with Gasteiger partial charge in [0.1, 0.15) is 11.5 Å². The first-order valence-corrected chi connectivity index (χ1v) is 12.1. The summed E-state index contributed by atoms with van der Waals surface area (Å²) in [5, 5.41) is 11.7. The maximum absolute atomic E-state index is 13.4. The molecule has 2 aromatic carbocycles. The van der Waals surface area contributed by atoms with E-state index in [-0.39, 0.29) is 44.8 Å². The molecule has 1 aromatic heterocycles. The number of carbonyl (C=O) groups excluding carboxylic acids is 3. The summed E-state index contributed by atoms with van der Waals surface area (Å²) < 4.78 is 10.6. The Labute approximate surface area is 223 Å². The summed E-state index contributed by atoms with van der Waals surface area (Å²) in [6.07, 6.45) is 3.68. The number of nitrogens with zero attached hydrogens (tertiary/aromatic N) is 2. The molecule has 3 aromatic rings. The Morgan fingerprint density at radius 1 is 1.14 bits per heavy atom. The molecule has 1 fully saturated rings. The van der Waals surface area contributed by atoms with Crippen LogP contribution < -0.4 is 9.64 Å². The van der Waals surface area contributed by atoms with E-state index in [0.717, 1.165) is 0 Å². The summed E-state index contributed by atoms with van der Waals surface area (Å²) in [6.45, 7) is 2.12. The standard InChI is InChI=1S/C27H22Cl2N2O6/c1-3-10-37-27(35)15-6-4-8-18(11-15)31-22(16-7-5-9-30-14-16)21(24(33)26(31)34)23(32)19-12-17(28)13-20(29)25(19)36-2/h4-9,11-14,22,32H,3,10H2,1-2H3/b23-21+. The van der Waals surface area contributed by atoms with E-state index in [9.17, 15) is 19.5 Å². The van der Waals surface area contributed by atoms with Gasteiger partial charge in [0, 0.05) is 23.1 Å². The second-order valence-electron chi connectivity index (χ2n) is 8.11. The lowest BCUT2D eigenvalue weighted by molar-refractivity contribution is -0.132. The first-order valence-electron chi connectivity index (χ1n) is 11.3. The molecule has 190 valence electrons. The van der Waals surface area contributed by atoms with Crippen molar-refractivity contribution in [2.24, 2.45) is 0 Å². The van der Waals surface area contributed by atoms with Gasteiger partial charge in [0.05, 0.1) is 41.5 Å². The van der Waals surface area contributed by atoms with Crippen molar-refractivity contribution in [2.75, 3.05) is 18.6 Å². The molecule has 1 aliphatic heterocycles. The fourth-order valence-electron chi connectivity index (χ4n) is 4.10. The van der Waals surface area contributed by atoms with Crippen LogP contribution in [0.1, 0.15) is 40.9 Å². The van der Waals surface area contributed by atoms with Gasteiger partial charge in [-0.25, -0.2) is 4.79 Å². The van der Waals surface area contributed by atoms with Gasteiger partial charge in [-0.2, -0.15) is 0 Å². The minimum Gasteiger partial charge on any atom is -0.507 e. The fraction of sp³-hybridized carbons (Fsp3) is 0.185. The van der Waals surface area contributed by atoms with Gasteiger partial charge < -0.3 is 14.6 Å². The summed E-state index contributed by atoms with van der Waals surface area (Å²) in [6, 6.07) is 11.2. The normalized spacial score (nSPS) is 16.6. The molecular formula is C27H22Cl2N2O6. The quantitative estimate of drug-likeness (QED) is 0.180. The number of esters is 1. The molecule has 0 radical (unpaired) electrons. The van der Waals surface area contributed by atoms with Crippen molar-refractivity contribution in [3.8, 4) is 5.75 Å². The largest absolute Gasteiger partial charge is 0.507 e. The molecule has 4 rings (SSSR count). The molecule has 0 saturated carbocycles. The zero-order valence-corrected chi connectivity index (χ0v) is 21.4. The van der Waals surface area contributed by atoms with Crippen LogP contribution >= 0.6 is 23.2 Å². The number of hydrogen-bond donors (Lipinski definition) is 1. The van der Waals surface area contributed by atoms with E-state index in [1.807, 2.05) is 6.92 Å². The summed E-state index contributed by atoms with van der Waals surface area (Å²) in [5.74, 6) is -2.84. The second kappa shape index (κ2) is 11.0. The zero-order chi connectivity index (χ0) is 26.7. The van der Waals surface area contributed by atoms with Crippen molar-refractivity contribution in [2.45, 2.75) is 19.4 Å². The fourth-order valence-corrected chi connectivity index (χ4v) is 4.67. The van der Waals surface area contributed by atoms with Gasteiger partial charge in [-0.3, -0.25) is 19.5 Å². The molecule has 8 nitrogen and oxygen atoms in total. The Bertz CT molecular complexity index is 1410. The van der Waals surface area contributed by atoms with Crippen LogP contribution in [0.15, 0.2) is 66.5 Å². The van der Waals surface area contributed by atoms with Crippen molar-refractivity contribution in [3.05, 3.63) is 93.2 Å². The predicted molar refractivity (Wildman–Crippen MR) is 139 cm³/mol. The Balaban J connectivity index is 1.92. The smallest absolute Gasteiger partial charge is 0.338 e. The molecule has 2 heterocycles. The first-order chi connectivity index (χ1) is 17.8. The molecule has 0 aliphatic carbocycles. The SMILES string of the molecule is CCCOC(=O)c1cccc(N2C(=O)C(=O)/C(=C(/O)c3cc(Cl)cc(Cl)c3OC)C2c2cccnc2)c1. The van der Waals surface area contributed by atoms with E-state index < -0.39 is 29.5 Å². The van der Waals surface area contributed by atoms with Crippen molar-refractivity contribution in [3.63, 3.8) is 0 Å². The lowest BCUT2D eigenvalue weighted by Crippen LogP contribution is -2.29. The van der Waals surface area contributed by atoms with Crippen molar-refractivity contribution in [1.29, 1.82) is 0 Å². The number of carbonyl (C=O) groups is 3. The highest BCUT2D eigenvalue weighted by atomic mass is 35.5. The number of amides is 1. The number of aromatic nitrogens is 1. The van der Waals surface area contributed by atoms with Crippen LogP contribution in [0.4, 0.5) is 5.69 Å². The number of benzene rings is 2. The maximum atomic E-state index is 13.4. The number of aliphatic hydroxyl groups excluding tert-OH is 1. The Kier molecular flexibility index (Phi) is 7.80. The van der Waals surface area contributed by atoms with Crippen LogP contribution in [0.5, 0.6) is 5.75 Å². The van der Waals surface area contributed by atoms with Gasteiger partial charge in [-0.05, 0) is 48.4 Å². The van der Waals surface area contributed by atoms with E-state index in [1.54, 1.807) is 36.5 Å². The highest BCUT2D eigenvalue weighted by Gasteiger charge is 2.47. The number of ketones is 1. The summed E-state index contributed by atoms with van der Waals surface area (Å²) in [7, 11) is 1.35. The third kappa shape index (κ3) is 5.03. The van der Waals surface area contributed by atoms with E-state index in [2.05, 4.69) is 4.98 Å². The van der Waals surface area contributed by atoms with Gasteiger partial charge in [0.15, 0.2) is 0 Å². The van der Waals surface area contributed by atoms with Crippen LogP contribution in [0, 0.1) is 0 Å². The first kappa shape index (κ1) is 26.2. The third-order valence-electron chi connectivity index (χ3n) is 5.71. The Morgan fingerprint density at radius 3 is 2.59 bits per heavy atom. The zero-order valence-electron chi connectivity index (χ0n) is 19.9. The lowest BCUT2D eigenvalue weighted by atomic mass is 9.95. The number of hydrogen-bond acceptors (Lipinski definition) is 7. The van der Waals surface area contributed by atoms with Crippen LogP contribution in [0.2, 0.25) is 10.0 Å². The molecule has 1 N–H and O–H groups in total. The topological polar surface area (TPSA) is 106 Å². The predicted octanol–water partition coefficient (Wildman–Crippen LogP) is 5.59. The van der Waals surface area contributed by atoms with Gasteiger partial charge in [-0.1, -0.05) is 42.3 Å². The number of Topliss-reactive ketones (excluding diaryl/α,β-unsaturated/α-hetero) is 1. The van der Waals surface area contributed by atoms with Crippen molar-refractivity contribution >= 4 is 52.3 Å². The third-order valence-corrected chi connectivity index (χ3v) is 6.21. The van der Waals surface area contributed by atoms with E-state index in [0.29, 0.717) is 12.0 Å². The number of anilines is 1. The molecule has 10 heteroatoms. The molecule has 1 unspecified atom stereocenters. The molecule has 0 spiro atoms. The van der Waals surface area contributed by atoms with Crippen LogP contribution in [-0.2, 0) is 14.3 Å². The molecule has 1 amide bonds. The highest BCUT2D eigenvalue weighted by Crippen LogP contribution is 2.44. The van der Waals surface area contributed by atoms with E-state index >= 15 is 0 Å². The van der Waals surface area contributed by atoms with Gasteiger partial charge >= 0.3 is 5.97 Å². The molecule has 0 bridgehead atoms. The van der Waals surface area contributed by atoms with Crippen molar-refractivity contribution < 1.29 is 29.0 Å². The summed E-state index contributed by atoms with van der Waals surface area (Å²) in [4.78, 5) is 44.6. The van der Waals surface area contributed by atoms with Gasteiger partial charge in [0.2, 0.25) is 0 Å².